The zero-order valence-corrected chi connectivity index (χ0v) is 42.6. The topological polar surface area (TPSA) is 257 Å². The van der Waals surface area contributed by atoms with Crippen molar-refractivity contribution in [3.8, 4) is 23.0 Å². The summed E-state index contributed by atoms with van der Waals surface area (Å²) in [6.45, 7) is 1.97. The van der Waals surface area contributed by atoms with Crippen molar-refractivity contribution in [3.63, 3.8) is 0 Å². The highest BCUT2D eigenvalue weighted by atomic mass is 35.5. The summed E-state index contributed by atoms with van der Waals surface area (Å²) in [5.41, 5.74) is 23.8. The summed E-state index contributed by atoms with van der Waals surface area (Å²) in [6.07, 6.45) is 6.04. The Morgan fingerprint density at radius 3 is 1.54 bits per heavy atom. The zero-order valence-electron chi connectivity index (χ0n) is 41.1. The minimum atomic E-state index is -0.770. The van der Waals surface area contributed by atoms with Gasteiger partial charge in [-0.1, -0.05) is 41.4 Å². The Morgan fingerprint density at radius 1 is 0.539 bits per heavy atom. The van der Waals surface area contributed by atoms with Crippen LogP contribution < -0.4 is 52.1 Å². The van der Waals surface area contributed by atoms with Crippen LogP contribution in [0.15, 0.2) is 128 Å². The maximum absolute atomic E-state index is 14.0. The Balaban J connectivity index is 0.000000152. The minimum Gasteiger partial charge on any atom is -0.493 e. The molecule has 0 saturated heterocycles. The summed E-state index contributed by atoms with van der Waals surface area (Å²) in [7, 11) is 6.05. The van der Waals surface area contributed by atoms with E-state index in [1.807, 2.05) is 61.7 Å². The number of nitrogens with one attached hydrogen (secondary N) is 4. The van der Waals surface area contributed by atoms with Crippen LogP contribution in [-0.4, -0.2) is 66.1 Å². The van der Waals surface area contributed by atoms with Crippen LogP contribution in [0.25, 0.3) is 43.6 Å². The SMILES string of the molecule is COc1cc2ncc(C(N)=O)c(Nc3cc(F)ccc3F)c2cc1OC.COc1cc2ncc(C(N)=O)c(Nc3ccc4[nH]ccc4c3)c2cc1OC.Cc1ccccc1Nc1c(C(N)=O)cnc2cc(Cl)c(Cl)cc12. The van der Waals surface area contributed by atoms with Gasteiger partial charge in [-0.25, -0.2) is 8.78 Å². The summed E-state index contributed by atoms with van der Waals surface area (Å²) >= 11 is 12.2. The van der Waals surface area contributed by atoms with Crippen molar-refractivity contribution in [2.24, 2.45) is 17.2 Å². The molecule has 21 heteroatoms. The molecule has 10 N–H and O–H groups in total. The van der Waals surface area contributed by atoms with E-state index in [1.165, 1.54) is 32.8 Å². The lowest BCUT2D eigenvalue weighted by atomic mass is 10.1. The van der Waals surface area contributed by atoms with Gasteiger partial charge in [0.05, 0.1) is 94.5 Å². The third kappa shape index (κ3) is 11.2. The maximum Gasteiger partial charge on any atom is 0.252 e. The molecule has 3 amide bonds. The fourth-order valence-corrected chi connectivity index (χ4v) is 8.36. The number of ether oxygens (including phenoxy) is 4. The Kier molecular flexibility index (Phi) is 15.8. The van der Waals surface area contributed by atoms with E-state index in [4.69, 9.17) is 59.4 Å². The first-order chi connectivity index (χ1) is 36.5. The number of aryl methyl sites for hydroxylation is 1. The van der Waals surface area contributed by atoms with E-state index in [0.717, 1.165) is 46.0 Å². The largest absolute Gasteiger partial charge is 0.493 e. The molecule has 10 rings (SSSR count). The van der Waals surface area contributed by atoms with E-state index in [9.17, 15) is 23.2 Å². The van der Waals surface area contributed by atoms with E-state index in [1.54, 1.807) is 50.6 Å². The number of anilines is 6. The summed E-state index contributed by atoms with van der Waals surface area (Å²) in [4.78, 5) is 51.5. The van der Waals surface area contributed by atoms with Gasteiger partial charge in [-0.3, -0.25) is 29.3 Å². The smallest absolute Gasteiger partial charge is 0.252 e. The number of amides is 3. The van der Waals surface area contributed by atoms with Gasteiger partial charge in [0.1, 0.15) is 11.6 Å². The standard InChI is InChI=1S/C20H18N4O3.C18H15F2N3O3.C17H13Cl2N3O/c1-26-17-8-13-16(9-18(17)27-2)23-10-14(20(21)25)19(13)24-12-3-4-15-11(7-12)5-6-22-15;1-25-15-6-10-13(7-16(15)26-2)22-8-11(18(21)24)17(10)23-14-5-9(19)3-4-12(14)20;1-9-4-2-3-5-14(9)22-16-10-6-12(18)13(19)7-15(10)21-8-11(16)17(20)23/h3-10,22H,1-2H3,(H2,21,25)(H,23,24);3-8H,1-2H3,(H2,21,24)(H,22,23);2-8H,1H3,(H2,20,23)(H,21,22). The average Bonchev–Trinajstić information content (AvgIpc) is 3.90. The number of rotatable bonds is 13. The van der Waals surface area contributed by atoms with E-state index in [2.05, 4.69) is 35.9 Å². The Morgan fingerprint density at radius 2 is 1.01 bits per heavy atom. The molecule has 10 aromatic rings. The lowest BCUT2D eigenvalue weighted by Crippen LogP contribution is -2.14. The monoisotopic (exact) mass is 1070 g/mol. The number of fused-ring (bicyclic) bond motifs is 4. The van der Waals surface area contributed by atoms with Crippen molar-refractivity contribution in [2.75, 3.05) is 44.4 Å². The molecule has 0 aliphatic carbocycles. The van der Waals surface area contributed by atoms with Crippen LogP contribution in [0, 0.1) is 18.6 Å². The molecule has 76 heavy (non-hydrogen) atoms. The number of para-hydroxylation sites is 1. The number of pyridine rings is 3. The molecule has 0 unspecified atom stereocenters. The van der Waals surface area contributed by atoms with E-state index < -0.39 is 29.4 Å². The van der Waals surface area contributed by atoms with Gasteiger partial charge in [0, 0.05) is 81.4 Å². The lowest BCUT2D eigenvalue weighted by molar-refractivity contribution is 0.0992. The minimum absolute atomic E-state index is 0.0216. The Labute approximate surface area is 442 Å². The van der Waals surface area contributed by atoms with Crippen LogP contribution >= 0.6 is 23.2 Å². The Bertz CT molecular complexity index is 3900. The van der Waals surface area contributed by atoms with Crippen molar-refractivity contribution < 1.29 is 42.1 Å². The van der Waals surface area contributed by atoms with Crippen molar-refractivity contribution in [1.82, 2.24) is 19.9 Å². The van der Waals surface area contributed by atoms with Crippen LogP contribution in [0.2, 0.25) is 10.0 Å². The maximum atomic E-state index is 14.0. The second kappa shape index (κ2) is 22.8. The number of H-pyrrole nitrogens is 1. The summed E-state index contributed by atoms with van der Waals surface area (Å²) in [5.74, 6) is -1.31. The number of benzene rings is 6. The number of hydrogen-bond acceptors (Lipinski definition) is 13. The third-order valence-electron chi connectivity index (χ3n) is 11.9. The summed E-state index contributed by atoms with van der Waals surface area (Å²) in [6, 6.07) is 28.6. The van der Waals surface area contributed by atoms with E-state index in [-0.39, 0.29) is 16.9 Å². The summed E-state index contributed by atoms with van der Waals surface area (Å²) in [5, 5.41) is 13.0. The number of nitrogens with zero attached hydrogens (tertiary/aromatic N) is 3. The molecule has 0 bridgehead atoms. The molecular formula is C55H46Cl2F2N10O7. The van der Waals surface area contributed by atoms with Gasteiger partial charge in [0.15, 0.2) is 23.0 Å². The first kappa shape index (κ1) is 52.9. The average molecular weight is 1070 g/mol. The molecule has 0 spiro atoms. The number of nitrogens with two attached hydrogens (primary N) is 3. The van der Waals surface area contributed by atoms with Crippen LogP contribution in [0.4, 0.5) is 42.9 Å². The van der Waals surface area contributed by atoms with E-state index >= 15 is 0 Å². The molecule has 0 aliphatic rings. The molecule has 0 radical (unpaired) electrons. The highest BCUT2D eigenvalue weighted by Crippen LogP contribution is 2.40. The van der Waals surface area contributed by atoms with Gasteiger partial charge in [0.25, 0.3) is 17.7 Å². The summed E-state index contributed by atoms with van der Waals surface area (Å²) < 4.78 is 48.8. The van der Waals surface area contributed by atoms with E-state index in [0.29, 0.717) is 88.3 Å². The number of primary amides is 3. The first-order valence-corrected chi connectivity index (χ1v) is 23.4. The first-order valence-electron chi connectivity index (χ1n) is 22.7. The fourth-order valence-electron chi connectivity index (χ4n) is 8.04. The van der Waals surface area contributed by atoms with Gasteiger partial charge in [0.2, 0.25) is 0 Å². The van der Waals surface area contributed by atoms with Crippen LogP contribution in [0.5, 0.6) is 23.0 Å². The molecule has 0 saturated carbocycles. The predicted octanol–water partition coefficient (Wildman–Crippen LogP) is 11.6. The highest BCUT2D eigenvalue weighted by molar-refractivity contribution is 6.43. The molecule has 4 aromatic heterocycles. The highest BCUT2D eigenvalue weighted by Gasteiger charge is 2.21. The number of aromatic nitrogens is 4. The molecule has 17 nitrogen and oxygen atoms in total. The van der Waals surface area contributed by atoms with Crippen LogP contribution in [0.3, 0.4) is 0 Å². The molecule has 0 fully saturated rings. The van der Waals surface area contributed by atoms with Crippen molar-refractivity contribution >= 4 is 119 Å². The fraction of sp³-hybridized carbons (Fsp3) is 0.0909. The number of carbonyl (C=O) groups excluding carboxylic acids is 3. The van der Waals surface area contributed by atoms with Gasteiger partial charge in [-0.2, -0.15) is 0 Å². The third-order valence-corrected chi connectivity index (χ3v) is 12.6. The van der Waals surface area contributed by atoms with Crippen molar-refractivity contribution in [1.29, 1.82) is 0 Å². The van der Waals surface area contributed by atoms with Crippen molar-refractivity contribution in [3.05, 3.63) is 172 Å². The number of carbonyl (C=O) groups is 3. The lowest BCUT2D eigenvalue weighted by Gasteiger charge is -2.16. The normalized spacial score (nSPS) is 10.8. The molecule has 386 valence electrons. The predicted molar refractivity (Wildman–Crippen MR) is 293 cm³/mol. The zero-order chi connectivity index (χ0) is 54.4. The molecule has 0 aliphatic heterocycles. The van der Waals surface area contributed by atoms with Gasteiger partial charge < -0.3 is 57.1 Å². The number of hydrogen-bond donors (Lipinski definition) is 7. The number of aromatic amines is 1. The number of halogens is 4. The molecule has 0 atom stereocenters. The van der Waals surface area contributed by atoms with Gasteiger partial charge in [-0.15, -0.1) is 0 Å². The van der Waals surface area contributed by atoms with Crippen LogP contribution in [0.1, 0.15) is 36.6 Å². The second-order valence-corrected chi connectivity index (χ2v) is 17.4. The Hall–Kier alpha value is -9.46. The molecular weight excluding hydrogens is 1020 g/mol. The van der Waals surface area contributed by atoms with Gasteiger partial charge >= 0.3 is 0 Å². The quantitative estimate of drug-likeness (QED) is 0.0568. The number of methoxy groups -OCH3 is 4. The second-order valence-electron chi connectivity index (χ2n) is 16.6. The molecule has 4 heterocycles. The van der Waals surface area contributed by atoms with Crippen molar-refractivity contribution in [2.45, 2.75) is 6.92 Å². The molecule has 6 aromatic carbocycles. The van der Waals surface area contributed by atoms with Gasteiger partial charge in [-0.05, 0) is 79.2 Å². The van der Waals surface area contributed by atoms with Crippen LogP contribution in [-0.2, 0) is 0 Å².